The first-order valence-electron chi connectivity index (χ1n) is 9.94. The van der Waals surface area contributed by atoms with Crippen molar-refractivity contribution in [1.29, 1.82) is 0 Å². The van der Waals surface area contributed by atoms with E-state index in [1.807, 2.05) is 43.3 Å². The zero-order chi connectivity index (χ0) is 19.0. The minimum Gasteiger partial charge on any atom is -0.356 e. The first-order chi connectivity index (χ1) is 13.0. The minimum atomic E-state index is -0.0253. The largest absolute Gasteiger partial charge is 0.356 e. The standard InChI is InChI=1S/C22H28N4O/c1-4-17-15-23-16(2)24-20(17)26-12-10-22(11-13-26)14-19(21(27)25(22)3)18-8-6-5-7-9-18/h5-9,15,19H,4,10-14H2,1-3H3/t19-/m1/s1. The van der Waals surface area contributed by atoms with Gasteiger partial charge < -0.3 is 9.80 Å². The molecular formula is C22H28N4O. The Kier molecular flexibility index (Phi) is 4.62. The highest BCUT2D eigenvalue weighted by Crippen LogP contribution is 2.45. The number of aryl methyl sites for hydroxylation is 2. The van der Waals surface area contributed by atoms with Crippen LogP contribution in [-0.4, -0.2) is 46.5 Å². The molecule has 3 heterocycles. The molecule has 2 saturated heterocycles. The number of aromatic nitrogens is 2. The molecule has 0 unspecified atom stereocenters. The Morgan fingerprint density at radius 3 is 2.56 bits per heavy atom. The lowest BCUT2D eigenvalue weighted by Crippen LogP contribution is -2.52. The minimum absolute atomic E-state index is 0.00440. The summed E-state index contributed by atoms with van der Waals surface area (Å²) in [5.74, 6) is 2.16. The molecule has 0 N–H and O–H groups in total. The molecule has 1 spiro atoms. The van der Waals surface area contributed by atoms with Crippen LogP contribution in [0.4, 0.5) is 5.82 Å². The van der Waals surface area contributed by atoms with Crippen LogP contribution >= 0.6 is 0 Å². The van der Waals surface area contributed by atoms with E-state index >= 15 is 0 Å². The summed E-state index contributed by atoms with van der Waals surface area (Å²) in [5.41, 5.74) is 2.32. The SMILES string of the molecule is CCc1cnc(C)nc1N1CCC2(CC1)C[C@H](c1ccccc1)C(=O)N2C. The predicted molar refractivity (Wildman–Crippen MR) is 107 cm³/mol. The van der Waals surface area contributed by atoms with Crippen molar-refractivity contribution in [3.63, 3.8) is 0 Å². The van der Waals surface area contributed by atoms with Crippen molar-refractivity contribution in [1.82, 2.24) is 14.9 Å². The molecule has 4 rings (SSSR count). The zero-order valence-corrected chi connectivity index (χ0v) is 16.5. The summed E-state index contributed by atoms with van der Waals surface area (Å²) in [6.45, 7) is 5.96. The van der Waals surface area contributed by atoms with Gasteiger partial charge in [0.15, 0.2) is 0 Å². The molecule has 27 heavy (non-hydrogen) atoms. The number of hydrogen-bond donors (Lipinski definition) is 0. The Labute approximate surface area is 161 Å². The summed E-state index contributed by atoms with van der Waals surface area (Å²) in [6, 6.07) is 10.2. The Morgan fingerprint density at radius 2 is 1.89 bits per heavy atom. The average molecular weight is 364 g/mol. The Balaban J connectivity index is 1.53. The van der Waals surface area contributed by atoms with Crippen molar-refractivity contribution in [2.24, 2.45) is 0 Å². The summed E-state index contributed by atoms with van der Waals surface area (Å²) < 4.78 is 0. The van der Waals surface area contributed by atoms with E-state index in [2.05, 4.69) is 28.9 Å². The normalized spacial score (nSPS) is 21.9. The second-order valence-electron chi connectivity index (χ2n) is 7.90. The molecule has 2 fully saturated rings. The van der Waals surface area contributed by atoms with Gasteiger partial charge in [0.2, 0.25) is 5.91 Å². The molecule has 2 aliphatic heterocycles. The van der Waals surface area contributed by atoms with E-state index in [-0.39, 0.29) is 17.4 Å². The van der Waals surface area contributed by atoms with Crippen LogP contribution in [0.5, 0.6) is 0 Å². The second-order valence-corrected chi connectivity index (χ2v) is 7.90. The Bertz CT molecular complexity index is 827. The van der Waals surface area contributed by atoms with E-state index in [0.29, 0.717) is 0 Å². The summed E-state index contributed by atoms with van der Waals surface area (Å²) >= 11 is 0. The maximum Gasteiger partial charge on any atom is 0.230 e. The fourth-order valence-electron chi connectivity index (χ4n) is 4.70. The van der Waals surface area contributed by atoms with Gasteiger partial charge in [-0.05, 0) is 38.2 Å². The van der Waals surface area contributed by atoms with Crippen molar-refractivity contribution in [2.75, 3.05) is 25.0 Å². The van der Waals surface area contributed by atoms with Crippen LogP contribution in [0.25, 0.3) is 0 Å². The highest BCUT2D eigenvalue weighted by Gasteiger charge is 2.50. The van der Waals surface area contributed by atoms with Gasteiger partial charge in [-0.15, -0.1) is 0 Å². The van der Waals surface area contributed by atoms with Crippen molar-refractivity contribution < 1.29 is 4.79 Å². The first kappa shape index (κ1) is 18.0. The van der Waals surface area contributed by atoms with E-state index in [9.17, 15) is 4.79 Å². The number of rotatable bonds is 3. The Morgan fingerprint density at radius 1 is 1.19 bits per heavy atom. The molecule has 0 saturated carbocycles. The number of nitrogens with zero attached hydrogens (tertiary/aromatic N) is 4. The van der Waals surface area contributed by atoms with Gasteiger partial charge in [0.1, 0.15) is 11.6 Å². The molecule has 5 heteroatoms. The third kappa shape index (κ3) is 3.09. The second kappa shape index (κ2) is 6.95. The number of piperidine rings is 1. The van der Waals surface area contributed by atoms with E-state index in [0.717, 1.165) is 56.0 Å². The quantitative estimate of drug-likeness (QED) is 0.838. The van der Waals surface area contributed by atoms with Gasteiger partial charge >= 0.3 is 0 Å². The van der Waals surface area contributed by atoms with Gasteiger partial charge in [-0.3, -0.25) is 4.79 Å². The zero-order valence-electron chi connectivity index (χ0n) is 16.5. The number of carbonyl (C=O) groups excluding carboxylic acids is 1. The number of carbonyl (C=O) groups is 1. The lowest BCUT2D eigenvalue weighted by atomic mass is 9.81. The number of likely N-dealkylation sites (N-methyl/N-ethyl adjacent to an activating group) is 1. The molecule has 0 radical (unpaired) electrons. The smallest absolute Gasteiger partial charge is 0.230 e. The van der Waals surface area contributed by atoms with Crippen LogP contribution in [-0.2, 0) is 11.2 Å². The highest BCUT2D eigenvalue weighted by molar-refractivity contribution is 5.87. The highest BCUT2D eigenvalue weighted by atomic mass is 16.2. The number of anilines is 1. The van der Waals surface area contributed by atoms with Gasteiger partial charge in [-0.2, -0.15) is 0 Å². The summed E-state index contributed by atoms with van der Waals surface area (Å²) in [5, 5.41) is 0. The van der Waals surface area contributed by atoms with Gasteiger partial charge in [0, 0.05) is 37.4 Å². The van der Waals surface area contributed by atoms with E-state index in [4.69, 9.17) is 4.98 Å². The summed E-state index contributed by atoms with van der Waals surface area (Å²) in [4.78, 5) is 26.4. The molecular weight excluding hydrogens is 336 g/mol. The third-order valence-corrected chi connectivity index (χ3v) is 6.46. The molecule has 0 aliphatic carbocycles. The van der Waals surface area contributed by atoms with Gasteiger partial charge in [0.05, 0.1) is 5.92 Å². The fraction of sp³-hybridized carbons (Fsp3) is 0.500. The molecule has 142 valence electrons. The number of likely N-dealkylation sites (tertiary alicyclic amines) is 1. The van der Waals surface area contributed by atoms with Crippen LogP contribution in [0.3, 0.4) is 0 Å². The molecule has 1 aromatic heterocycles. The van der Waals surface area contributed by atoms with Crippen molar-refractivity contribution >= 4 is 11.7 Å². The summed E-state index contributed by atoms with van der Waals surface area (Å²) in [6.07, 6.45) is 5.80. The summed E-state index contributed by atoms with van der Waals surface area (Å²) in [7, 11) is 1.99. The van der Waals surface area contributed by atoms with Crippen molar-refractivity contribution in [3.05, 3.63) is 53.5 Å². The molecule has 5 nitrogen and oxygen atoms in total. The van der Waals surface area contributed by atoms with Crippen LogP contribution in [0.1, 0.15) is 49.1 Å². The van der Waals surface area contributed by atoms with Gasteiger partial charge in [-0.1, -0.05) is 37.3 Å². The van der Waals surface area contributed by atoms with Crippen LogP contribution in [0, 0.1) is 6.92 Å². The topological polar surface area (TPSA) is 49.3 Å². The maximum atomic E-state index is 13.0. The van der Waals surface area contributed by atoms with Crippen LogP contribution < -0.4 is 4.90 Å². The van der Waals surface area contributed by atoms with Gasteiger partial charge in [0.25, 0.3) is 0 Å². The molecule has 1 atom stereocenters. The lowest BCUT2D eigenvalue weighted by Gasteiger charge is -2.44. The fourth-order valence-corrected chi connectivity index (χ4v) is 4.70. The van der Waals surface area contributed by atoms with Crippen LogP contribution in [0.2, 0.25) is 0 Å². The maximum absolute atomic E-state index is 13.0. The number of hydrogen-bond acceptors (Lipinski definition) is 4. The van der Waals surface area contributed by atoms with Crippen LogP contribution in [0.15, 0.2) is 36.5 Å². The van der Waals surface area contributed by atoms with Crippen molar-refractivity contribution in [3.8, 4) is 0 Å². The first-order valence-corrected chi connectivity index (χ1v) is 9.94. The lowest BCUT2D eigenvalue weighted by molar-refractivity contribution is -0.131. The third-order valence-electron chi connectivity index (χ3n) is 6.46. The molecule has 2 aliphatic rings. The molecule has 2 aromatic rings. The number of amides is 1. The predicted octanol–water partition coefficient (Wildman–Crippen LogP) is 3.33. The Hall–Kier alpha value is -2.43. The average Bonchev–Trinajstić information content (AvgIpc) is 2.94. The van der Waals surface area contributed by atoms with E-state index < -0.39 is 0 Å². The van der Waals surface area contributed by atoms with Crippen molar-refractivity contribution in [2.45, 2.75) is 51.0 Å². The molecule has 0 bridgehead atoms. The molecule has 1 amide bonds. The van der Waals surface area contributed by atoms with E-state index in [1.165, 1.54) is 5.56 Å². The monoisotopic (exact) mass is 364 g/mol. The number of benzene rings is 1. The molecule has 1 aromatic carbocycles. The van der Waals surface area contributed by atoms with E-state index in [1.54, 1.807) is 0 Å². The van der Waals surface area contributed by atoms with Gasteiger partial charge in [-0.25, -0.2) is 9.97 Å².